The van der Waals surface area contributed by atoms with E-state index in [1.165, 1.54) is 24.8 Å². The molecule has 0 fully saturated rings. The van der Waals surface area contributed by atoms with Crippen LogP contribution in [0.5, 0.6) is 5.75 Å². The fourth-order valence-corrected chi connectivity index (χ4v) is 13.1. The smallest absolute Gasteiger partial charge is 0.169 e. The maximum atomic E-state index is 10.3. The van der Waals surface area contributed by atoms with Crippen LogP contribution < -0.4 is 0 Å². The van der Waals surface area contributed by atoms with Gasteiger partial charge in [-0.15, -0.1) is 0 Å². The normalized spacial score (nSPS) is 17.6. The van der Waals surface area contributed by atoms with E-state index < -0.39 is 8.24 Å². The van der Waals surface area contributed by atoms with Crippen molar-refractivity contribution < 1.29 is 5.11 Å². The molecule has 1 atom stereocenters. The van der Waals surface area contributed by atoms with Crippen LogP contribution in [0.25, 0.3) is 0 Å². The molecule has 0 saturated heterocycles. The molecule has 1 aliphatic rings. The molecule has 3 rings (SSSR count). The summed E-state index contributed by atoms with van der Waals surface area (Å²) >= 11 is 0. The summed E-state index contributed by atoms with van der Waals surface area (Å²) in [6.07, 6.45) is 6.10. The SMILES string of the molecule is Cc1cc(C2CCCc3ccn([Si](C(C)C)(C(C)C)C(C)C)c32)cc(C)c1O. The van der Waals surface area contributed by atoms with Crippen LogP contribution >= 0.6 is 0 Å². The van der Waals surface area contributed by atoms with Crippen molar-refractivity contribution >= 4 is 8.24 Å². The second kappa shape index (κ2) is 7.74. The molecule has 1 N–H and O–H groups in total. The van der Waals surface area contributed by atoms with Crippen LogP contribution in [0.3, 0.4) is 0 Å². The van der Waals surface area contributed by atoms with Crippen LogP contribution in [0.1, 0.15) is 88.2 Å². The summed E-state index contributed by atoms with van der Waals surface area (Å²) < 4.78 is 2.81. The number of nitrogens with zero attached hydrogens (tertiary/aromatic N) is 1. The van der Waals surface area contributed by atoms with Crippen molar-refractivity contribution in [2.45, 2.75) is 97.2 Å². The summed E-state index contributed by atoms with van der Waals surface area (Å²) in [5, 5.41) is 10.3. The molecule has 0 radical (unpaired) electrons. The zero-order chi connectivity index (χ0) is 20.8. The lowest BCUT2D eigenvalue weighted by molar-refractivity contribution is 0.466. The first-order valence-electron chi connectivity index (χ1n) is 11.1. The zero-order valence-electron chi connectivity index (χ0n) is 19.1. The average molecular weight is 398 g/mol. The van der Waals surface area contributed by atoms with E-state index >= 15 is 0 Å². The van der Waals surface area contributed by atoms with Crippen molar-refractivity contribution in [1.29, 1.82) is 0 Å². The number of hydrogen-bond acceptors (Lipinski definition) is 1. The number of benzene rings is 1. The standard InChI is InChI=1S/C25H39NOSi/c1-16(2)28(17(3)4,18(5)6)26-13-12-21-10-9-11-23(24(21)26)22-14-19(7)25(27)20(8)15-22/h12-18,23,27H,9-11H2,1-8H3. The lowest BCUT2D eigenvalue weighted by atomic mass is 9.82. The van der Waals surface area contributed by atoms with Crippen LogP contribution in [-0.2, 0) is 6.42 Å². The molecule has 1 heterocycles. The lowest BCUT2D eigenvalue weighted by Crippen LogP contribution is -2.52. The van der Waals surface area contributed by atoms with Gasteiger partial charge in [0.2, 0.25) is 0 Å². The molecule has 0 bridgehead atoms. The van der Waals surface area contributed by atoms with Gasteiger partial charge in [0.25, 0.3) is 0 Å². The van der Waals surface area contributed by atoms with Crippen molar-refractivity contribution in [3.05, 3.63) is 52.3 Å². The number of hydrogen-bond donors (Lipinski definition) is 1. The molecule has 1 aliphatic carbocycles. The van der Waals surface area contributed by atoms with Crippen molar-refractivity contribution in [2.75, 3.05) is 0 Å². The minimum Gasteiger partial charge on any atom is -0.507 e. The summed E-state index contributed by atoms with van der Waals surface area (Å²) in [6, 6.07) is 6.86. The summed E-state index contributed by atoms with van der Waals surface area (Å²) in [4.78, 5) is 0. The quantitative estimate of drug-likeness (QED) is 0.526. The fourth-order valence-electron chi connectivity index (χ4n) is 6.41. The van der Waals surface area contributed by atoms with Gasteiger partial charge in [0.1, 0.15) is 5.75 Å². The Morgan fingerprint density at radius 1 is 0.964 bits per heavy atom. The largest absolute Gasteiger partial charge is 0.507 e. The molecule has 2 aromatic rings. The predicted molar refractivity (Wildman–Crippen MR) is 123 cm³/mol. The van der Waals surface area contributed by atoms with Gasteiger partial charge < -0.3 is 9.34 Å². The van der Waals surface area contributed by atoms with Crippen LogP contribution in [-0.4, -0.2) is 17.6 Å². The summed E-state index contributed by atoms with van der Waals surface area (Å²) in [5.41, 5.74) is 8.59. The van der Waals surface area contributed by atoms with Gasteiger partial charge in [-0.25, -0.2) is 0 Å². The molecule has 3 heteroatoms. The minimum atomic E-state index is -1.78. The molecule has 0 saturated carbocycles. The van der Waals surface area contributed by atoms with E-state index in [2.05, 4.69) is 70.2 Å². The number of fused-ring (bicyclic) bond motifs is 1. The summed E-state index contributed by atoms with van der Waals surface area (Å²) in [6.45, 7) is 18.8. The van der Waals surface area contributed by atoms with Gasteiger partial charge in [-0.3, -0.25) is 0 Å². The van der Waals surface area contributed by atoms with E-state index in [0.29, 0.717) is 28.3 Å². The number of aromatic hydroxyl groups is 1. The molecule has 154 valence electrons. The molecule has 1 unspecified atom stereocenters. The van der Waals surface area contributed by atoms with E-state index in [0.717, 1.165) is 11.1 Å². The highest BCUT2D eigenvalue weighted by Gasteiger charge is 2.47. The van der Waals surface area contributed by atoms with E-state index in [1.807, 2.05) is 13.8 Å². The molecule has 0 aliphatic heterocycles. The molecule has 1 aromatic carbocycles. The van der Waals surface area contributed by atoms with Crippen molar-refractivity contribution in [1.82, 2.24) is 4.23 Å². The monoisotopic (exact) mass is 397 g/mol. The van der Waals surface area contributed by atoms with Gasteiger partial charge >= 0.3 is 0 Å². The third kappa shape index (κ3) is 3.16. The van der Waals surface area contributed by atoms with Crippen LogP contribution in [0, 0.1) is 13.8 Å². The molecule has 1 aromatic heterocycles. The number of rotatable bonds is 5. The molecule has 28 heavy (non-hydrogen) atoms. The first-order chi connectivity index (χ1) is 13.1. The van der Waals surface area contributed by atoms with Crippen molar-refractivity contribution in [3.63, 3.8) is 0 Å². The average Bonchev–Trinajstić information content (AvgIpc) is 3.03. The second-order valence-electron chi connectivity index (χ2n) is 9.90. The highest BCUT2D eigenvalue weighted by molar-refractivity contribution is 6.82. The van der Waals surface area contributed by atoms with E-state index in [-0.39, 0.29) is 0 Å². The summed E-state index contributed by atoms with van der Waals surface area (Å²) in [7, 11) is -1.78. The molecule has 2 nitrogen and oxygen atoms in total. The Hall–Kier alpha value is -1.48. The third-order valence-corrected chi connectivity index (χ3v) is 14.2. The highest BCUT2D eigenvalue weighted by atomic mass is 28.3. The predicted octanol–water partition coefficient (Wildman–Crippen LogP) is 7.30. The second-order valence-corrected chi connectivity index (χ2v) is 15.6. The van der Waals surface area contributed by atoms with Gasteiger partial charge in [-0.1, -0.05) is 53.7 Å². The van der Waals surface area contributed by atoms with Gasteiger partial charge in [-0.2, -0.15) is 0 Å². The van der Waals surface area contributed by atoms with E-state index in [4.69, 9.17) is 0 Å². The first-order valence-corrected chi connectivity index (χ1v) is 13.3. The van der Waals surface area contributed by atoms with E-state index in [9.17, 15) is 5.11 Å². The Balaban J connectivity index is 2.24. The zero-order valence-corrected chi connectivity index (χ0v) is 20.1. The topological polar surface area (TPSA) is 25.2 Å². The van der Waals surface area contributed by atoms with Crippen molar-refractivity contribution in [2.24, 2.45) is 0 Å². The van der Waals surface area contributed by atoms with Crippen LogP contribution in [0.15, 0.2) is 24.4 Å². The molecule has 0 spiro atoms. The first kappa shape index (κ1) is 21.2. The number of aryl methyl sites for hydroxylation is 3. The fraction of sp³-hybridized carbons (Fsp3) is 0.600. The Morgan fingerprint density at radius 3 is 2.00 bits per heavy atom. The summed E-state index contributed by atoms with van der Waals surface area (Å²) in [5.74, 6) is 0.894. The Labute approximate surface area is 173 Å². The highest BCUT2D eigenvalue weighted by Crippen LogP contribution is 2.47. The van der Waals surface area contributed by atoms with Gasteiger partial charge in [-0.05, 0) is 84.3 Å². The Kier molecular flexibility index (Phi) is 5.87. The molecule has 0 amide bonds. The number of phenolic OH excluding ortho intramolecular Hbond substituents is 1. The van der Waals surface area contributed by atoms with Gasteiger partial charge in [0, 0.05) is 11.6 Å². The Bertz CT molecular complexity index is 801. The maximum Gasteiger partial charge on any atom is 0.169 e. The van der Waals surface area contributed by atoms with Gasteiger partial charge in [0.05, 0.1) is 0 Å². The van der Waals surface area contributed by atoms with E-state index in [1.54, 1.807) is 11.3 Å². The van der Waals surface area contributed by atoms with Crippen LogP contribution in [0.4, 0.5) is 0 Å². The van der Waals surface area contributed by atoms with Crippen molar-refractivity contribution in [3.8, 4) is 5.75 Å². The lowest BCUT2D eigenvalue weighted by Gasteiger charge is -2.46. The number of phenols is 1. The minimum absolute atomic E-state index is 0.444. The Morgan fingerprint density at radius 2 is 1.50 bits per heavy atom. The van der Waals surface area contributed by atoms with Gasteiger partial charge in [0.15, 0.2) is 8.24 Å². The third-order valence-electron chi connectivity index (χ3n) is 7.39. The maximum absolute atomic E-state index is 10.3. The number of aromatic nitrogens is 1. The van der Waals surface area contributed by atoms with Crippen LogP contribution in [0.2, 0.25) is 16.6 Å². The molecular weight excluding hydrogens is 358 g/mol. The molecular formula is C25H39NOSi.